The highest BCUT2D eigenvalue weighted by molar-refractivity contribution is 7.47. The maximum atomic E-state index is 12.4. The summed E-state index contributed by atoms with van der Waals surface area (Å²) >= 11 is 0. The number of phosphoric acid groups is 1. The lowest BCUT2D eigenvalue weighted by Gasteiger charge is -2.38. The van der Waals surface area contributed by atoms with Gasteiger partial charge in [0.25, 0.3) is 0 Å². The van der Waals surface area contributed by atoms with Gasteiger partial charge in [-0.2, -0.15) is 0 Å². The molecule has 2 atom stereocenters. The molecule has 0 bridgehead atoms. The van der Waals surface area contributed by atoms with Crippen molar-refractivity contribution >= 4 is 39.0 Å². The minimum absolute atomic E-state index is 0.0355. The summed E-state index contributed by atoms with van der Waals surface area (Å²) in [4.78, 5) is 22.0. The van der Waals surface area contributed by atoms with Crippen LogP contribution in [0.5, 0.6) is 0 Å². The molecule has 0 heterocycles. The number of carbonyl (C=O) groups is 1. The topological polar surface area (TPSA) is 110 Å². The first kappa shape index (κ1) is 35.8. The van der Waals surface area contributed by atoms with Crippen molar-refractivity contribution in [2.24, 2.45) is 0 Å². The minimum Gasteiger partial charge on any atom is -0.459 e. The van der Waals surface area contributed by atoms with E-state index in [1.807, 2.05) is 21.1 Å². The zero-order chi connectivity index (χ0) is 28.4. The quantitative estimate of drug-likeness (QED) is 0.0583. The molecule has 0 aliphatic carbocycles. The van der Waals surface area contributed by atoms with E-state index in [9.17, 15) is 14.3 Å². The Labute approximate surface area is 222 Å². The average Bonchev–Trinajstić information content (AvgIpc) is 2.60. The molecule has 0 aliphatic heterocycles. The molecule has 0 amide bonds. The number of hydrogen-bond donors (Lipinski definition) is 1. The standard InChI is InChI=1S/C22H50NO9PSi3/c1-20(2)22(24)28-19-21(30-33(25,26)29-16-14-23(3,4)5)18-27-15-13-17-36(12,31-34(6,7)8)32-35(9,10)11/h21H,1,13-19H2,2-12H3/p+1. The van der Waals surface area contributed by atoms with Crippen LogP contribution in [0.2, 0.25) is 51.9 Å². The molecule has 0 aliphatic rings. The SMILES string of the molecule is C=C(C)C(=O)OCC(COCCC[Si](C)(O[Si](C)(C)C)O[Si](C)(C)C)OP(=O)(O)OCC[N+](C)(C)C. The van der Waals surface area contributed by atoms with Gasteiger partial charge in [0.05, 0.1) is 27.7 Å². The van der Waals surface area contributed by atoms with Gasteiger partial charge in [-0.3, -0.25) is 9.05 Å². The molecule has 0 fully saturated rings. The van der Waals surface area contributed by atoms with Gasteiger partial charge in [0, 0.05) is 12.2 Å². The van der Waals surface area contributed by atoms with Gasteiger partial charge >= 0.3 is 22.4 Å². The van der Waals surface area contributed by atoms with E-state index < -0.39 is 45.1 Å². The highest BCUT2D eigenvalue weighted by Gasteiger charge is 2.39. The number of likely N-dealkylation sites (N-methyl/N-ethyl adjacent to an activating group) is 1. The minimum atomic E-state index is -4.38. The smallest absolute Gasteiger partial charge is 0.459 e. The number of esters is 1. The molecule has 0 saturated carbocycles. The lowest BCUT2D eigenvalue weighted by molar-refractivity contribution is -0.870. The summed E-state index contributed by atoms with van der Waals surface area (Å²) in [6.07, 6.45) is -0.277. The first-order chi connectivity index (χ1) is 16.0. The maximum Gasteiger partial charge on any atom is 0.472 e. The first-order valence-electron chi connectivity index (χ1n) is 12.3. The lowest BCUT2D eigenvalue weighted by atomic mass is 10.3. The third-order valence-corrected chi connectivity index (χ3v) is 15.0. The largest absolute Gasteiger partial charge is 0.472 e. The Morgan fingerprint density at radius 1 is 0.972 bits per heavy atom. The summed E-state index contributed by atoms with van der Waals surface area (Å²) < 4.78 is 47.3. The number of rotatable bonds is 19. The molecule has 0 aromatic carbocycles. The molecule has 1 N–H and O–H groups in total. The van der Waals surface area contributed by atoms with E-state index in [0.29, 0.717) is 24.1 Å². The van der Waals surface area contributed by atoms with Gasteiger partial charge in [-0.05, 0) is 65.2 Å². The van der Waals surface area contributed by atoms with Crippen LogP contribution in [-0.4, -0.2) is 101 Å². The monoisotopic (exact) mass is 588 g/mol. The number of nitrogens with zero attached hydrogens (tertiary/aromatic N) is 1. The fourth-order valence-electron chi connectivity index (χ4n) is 3.18. The zero-order valence-corrected chi connectivity index (χ0v) is 28.2. The van der Waals surface area contributed by atoms with Crippen molar-refractivity contribution in [3.63, 3.8) is 0 Å². The van der Waals surface area contributed by atoms with E-state index in [1.165, 1.54) is 6.92 Å². The van der Waals surface area contributed by atoms with Crippen LogP contribution in [0.1, 0.15) is 13.3 Å². The second kappa shape index (κ2) is 14.8. The predicted octanol–water partition coefficient (Wildman–Crippen LogP) is 4.50. The van der Waals surface area contributed by atoms with Gasteiger partial charge < -0.3 is 27.1 Å². The molecule has 0 spiro atoms. The number of hydrogen-bond acceptors (Lipinski definition) is 8. The summed E-state index contributed by atoms with van der Waals surface area (Å²) in [5, 5.41) is 0. The Morgan fingerprint density at radius 3 is 1.94 bits per heavy atom. The highest BCUT2D eigenvalue weighted by Crippen LogP contribution is 2.44. The van der Waals surface area contributed by atoms with E-state index in [1.54, 1.807) is 0 Å². The van der Waals surface area contributed by atoms with Gasteiger partial charge in [-0.25, -0.2) is 9.36 Å². The van der Waals surface area contributed by atoms with E-state index in [-0.39, 0.29) is 25.4 Å². The van der Waals surface area contributed by atoms with Crippen molar-refractivity contribution in [2.45, 2.75) is 71.3 Å². The number of quaternary nitrogens is 1. The Hall–Kier alpha value is -0.189. The zero-order valence-electron chi connectivity index (χ0n) is 24.3. The van der Waals surface area contributed by atoms with Crippen molar-refractivity contribution in [1.82, 2.24) is 0 Å². The molecule has 0 aromatic heterocycles. The Bertz CT molecular complexity index is 733. The summed E-state index contributed by atoms with van der Waals surface area (Å²) in [7, 11) is -4.51. The third-order valence-electron chi connectivity index (χ3n) is 4.32. The molecule has 0 saturated heterocycles. The first-order valence-corrected chi connectivity index (χ1v) is 23.1. The van der Waals surface area contributed by atoms with Crippen molar-refractivity contribution < 1.29 is 45.5 Å². The predicted molar refractivity (Wildman–Crippen MR) is 150 cm³/mol. The number of ether oxygens (including phenoxy) is 2. The normalized spacial score (nSPS) is 15.9. The number of phosphoric ester groups is 1. The fraction of sp³-hybridized carbons (Fsp3) is 0.864. The van der Waals surface area contributed by atoms with Crippen LogP contribution in [-0.2, 0) is 36.1 Å². The summed E-state index contributed by atoms with van der Waals surface area (Å²) in [5.74, 6) is -0.615. The van der Waals surface area contributed by atoms with Crippen LogP contribution in [0.4, 0.5) is 0 Å². The average molecular weight is 589 g/mol. The Morgan fingerprint density at radius 2 is 1.50 bits per heavy atom. The molecule has 10 nitrogen and oxygen atoms in total. The summed E-state index contributed by atoms with van der Waals surface area (Å²) in [6.45, 7) is 20.7. The van der Waals surface area contributed by atoms with Crippen LogP contribution in [0.15, 0.2) is 12.2 Å². The molecule has 0 radical (unpaired) electrons. The molecular formula is C22H51NO9PSi3+. The Balaban J connectivity index is 5.00. The molecule has 36 heavy (non-hydrogen) atoms. The maximum absolute atomic E-state index is 12.4. The van der Waals surface area contributed by atoms with Crippen LogP contribution in [0, 0.1) is 0 Å². The summed E-state index contributed by atoms with van der Waals surface area (Å²) in [6, 6.07) is 0.768. The second-order valence-electron chi connectivity index (χ2n) is 12.2. The van der Waals surface area contributed by atoms with Crippen molar-refractivity contribution in [1.29, 1.82) is 0 Å². The summed E-state index contributed by atoms with van der Waals surface area (Å²) in [5.41, 5.74) is 0.218. The second-order valence-corrected chi connectivity index (χ2v) is 26.4. The van der Waals surface area contributed by atoms with Crippen LogP contribution in [0.3, 0.4) is 0 Å². The van der Waals surface area contributed by atoms with Crippen molar-refractivity contribution in [3.8, 4) is 0 Å². The van der Waals surface area contributed by atoms with Crippen LogP contribution < -0.4 is 0 Å². The van der Waals surface area contributed by atoms with Gasteiger partial charge in [0.15, 0.2) is 16.6 Å². The Kier molecular flexibility index (Phi) is 14.7. The number of carbonyl (C=O) groups excluding carboxylic acids is 1. The van der Waals surface area contributed by atoms with Gasteiger partial charge in [-0.1, -0.05) is 6.58 Å². The molecule has 214 valence electrons. The molecule has 0 aromatic rings. The lowest BCUT2D eigenvalue weighted by Crippen LogP contribution is -2.52. The van der Waals surface area contributed by atoms with E-state index >= 15 is 0 Å². The molecular weight excluding hydrogens is 537 g/mol. The third kappa shape index (κ3) is 19.9. The van der Waals surface area contributed by atoms with Crippen molar-refractivity contribution in [3.05, 3.63) is 12.2 Å². The van der Waals surface area contributed by atoms with Gasteiger partial charge in [0.2, 0.25) is 0 Å². The van der Waals surface area contributed by atoms with E-state index in [0.717, 1.165) is 6.04 Å². The van der Waals surface area contributed by atoms with Gasteiger partial charge in [-0.15, -0.1) is 0 Å². The van der Waals surface area contributed by atoms with Crippen molar-refractivity contribution in [2.75, 3.05) is 54.1 Å². The molecule has 2 unspecified atom stereocenters. The van der Waals surface area contributed by atoms with Gasteiger partial charge in [0.1, 0.15) is 25.9 Å². The fourth-order valence-corrected chi connectivity index (χ4v) is 16.6. The van der Waals surface area contributed by atoms with Crippen LogP contribution in [0.25, 0.3) is 0 Å². The van der Waals surface area contributed by atoms with E-state index in [4.69, 9.17) is 26.8 Å². The highest BCUT2D eigenvalue weighted by atomic mass is 31.2. The van der Waals surface area contributed by atoms with Crippen LogP contribution >= 0.6 is 7.82 Å². The van der Waals surface area contributed by atoms with E-state index in [2.05, 4.69) is 52.4 Å². The molecule has 14 heteroatoms. The molecule has 0 rings (SSSR count).